The van der Waals surface area contributed by atoms with Gasteiger partial charge in [-0.2, -0.15) is 13.2 Å². The molecule has 2 rings (SSSR count). The number of nitrogens with two attached hydrogens (primary N) is 1. The number of alkyl halides is 3. The normalized spacial score (nSPS) is 13.0. The van der Waals surface area contributed by atoms with Crippen molar-refractivity contribution in [3.05, 3.63) is 59.7 Å². The minimum Gasteiger partial charge on any atom is -0.225 e. The molecular weight excluding hydrogens is 381 g/mol. The van der Waals surface area contributed by atoms with Gasteiger partial charge in [0.1, 0.15) is 0 Å². The van der Waals surface area contributed by atoms with Crippen molar-refractivity contribution < 1.29 is 30.0 Å². The molecule has 0 aliphatic carbocycles. The van der Waals surface area contributed by atoms with Crippen LogP contribution in [0.1, 0.15) is 11.1 Å². The highest BCUT2D eigenvalue weighted by Crippen LogP contribution is 2.29. The molecule has 2 aromatic rings. The predicted octanol–water partition coefficient (Wildman–Crippen LogP) is 1.83. The van der Waals surface area contributed by atoms with Crippen molar-refractivity contribution in [2.24, 2.45) is 5.14 Å². The topological polar surface area (TPSA) is 106 Å². The molecule has 11 heteroatoms. The van der Waals surface area contributed by atoms with Crippen molar-refractivity contribution in [3.63, 3.8) is 0 Å². The van der Waals surface area contributed by atoms with Gasteiger partial charge < -0.3 is 0 Å². The summed E-state index contributed by atoms with van der Waals surface area (Å²) < 4.78 is 86.5. The number of benzene rings is 2. The molecule has 0 saturated carbocycles. The van der Waals surface area contributed by atoms with Gasteiger partial charge in [-0.1, -0.05) is 18.2 Å². The van der Waals surface area contributed by atoms with Gasteiger partial charge in [-0.3, -0.25) is 0 Å². The van der Waals surface area contributed by atoms with Crippen LogP contribution in [0, 0.1) is 0 Å². The van der Waals surface area contributed by atoms with Crippen molar-refractivity contribution in [2.75, 3.05) is 0 Å². The molecule has 0 unspecified atom stereocenters. The zero-order valence-electron chi connectivity index (χ0n) is 12.5. The Labute approximate surface area is 142 Å². The SMILES string of the molecule is NS(=O)(=O)c1cccc(S(=O)(=O)NCc2ccc(C(F)(F)F)cc2)c1. The van der Waals surface area contributed by atoms with Crippen molar-refractivity contribution in [2.45, 2.75) is 22.5 Å². The average Bonchev–Trinajstić information content (AvgIpc) is 2.52. The largest absolute Gasteiger partial charge is 0.416 e. The fourth-order valence-corrected chi connectivity index (χ4v) is 3.59. The van der Waals surface area contributed by atoms with E-state index in [0.29, 0.717) is 5.56 Å². The molecule has 0 aliphatic rings. The van der Waals surface area contributed by atoms with Crippen molar-refractivity contribution in [1.29, 1.82) is 0 Å². The van der Waals surface area contributed by atoms with E-state index in [2.05, 4.69) is 4.72 Å². The minimum atomic E-state index is -4.48. The van der Waals surface area contributed by atoms with E-state index < -0.39 is 31.8 Å². The Balaban J connectivity index is 2.17. The maximum absolute atomic E-state index is 12.5. The van der Waals surface area contributed by atoms with Crippen molar-refractivity contribution >= 4 is 20.0 Å². The van der Waals surface area contributed by atoms with Crippen LogP contribution in [0.25, 0.3) is 0 Å². The summed E-state index contributed by atoms with van der Waals surface area (Å²) in [5, 5.41) is 4.95. The van der Waals surface area contributed by atoms with Crippen LogP contribution in [0.2, 0.25) is 0 Å². The van der Waals surface area contributed by atoms with E-state index in [9.17, 15) is 30.0 Å². The van der Waals surface area contributed by atoms with Crippen LogP contribution in [-0.2, 0) is 32.8 Å². The minimum absolute atomic E-state index is 0.264. The number of hydrogen-bond donors (Lipinski definition) is 2. The van der Waals surface area contributed by atoms with Gasteiger partial charge in [-0.25, -0.2) is 26.7 Å². The van der Waals surface area contributed by atoms with E-state index in [4.69, 9.17) is 5.14 Å². The van der Waals surface area contributed by atoms with Crippen LogP contribution in [0.5, 0.6) is 0 Å². The van der Waals surface area contributed by atoms with Gasteiger partial charge in [0.05, 0.1) is 15.4 Å². The maximum Gasteiger partial charge on any atom is 0.416 e. The molecule has 0 aromatic heterocycles. The number of primary sulfonamides is 1. The zero-order chi connectivity index (χ0) is 18.9. The second-order valence-corrected chi connectivity index (χ2v) is 8.37. The number of nitrogens with one attached hydrogen (secondary N) is 1. The highest BCUT2D eigenvalue weighted by atomic mass is 32.2. The molecule has 0 atom stereocenters. The van der Waals surface area contributed by atoms with Crippen LogP contribution in [0.15, 0.2) is 58.3 Å². The summed E-state index contributed by atoms with van der Waals surface area (Å²) in [5.41, 5.74) is -0.542. The first kappa shape index (κ1) is 19.4. The summed E-state index contributed by atoms with van der Waals surface area (Å²) in [6, 6.07) is 8.39. The fraction of sp³-hybridized carbons (Fsp3) is 0.143. The summed E-state index contributed by atoms with van der Waals surface area (Å²) in [5.74, 6) is 0. The summed E-state index contributed by atoms with van der Waals surface area (Å²) in [7, 11) is -8.14. The van der Waals surface area contributed by atoms with E-state index in [1.165, 1.54) is 12.1 Å². The van der Waals surface area contributed by atoms with E-state index in [-0.39, 0.29) is 16.3 Å². The van der Waals surface area contributed by atoms with E-state index in [1.807, 2.05) is 0 Å². The highest BCUT2D eigenvalue weighted by molar-refractivity contribution is 7.90. The third-order valence-electron chi connectivity index (χ3n) is 3.19. The molecule has 6 nitrogen and oxygen atoms in total. The molecule has 0 aliphatic heterocycles. The van der Waals surface area contributed by atoms with Crippen LogP contribution in [0.3, 0.4) is 0 Å². The van der Waals surface area contributed by atoms with E-state index in [1.54, 1.807) is 0 Å². The zero-order valence-corrected chi connectivity index (χ0v) is 14.1. The molecule has 136 valence electrons. The Morgan fingerprint density at radius 1 is 0.920 bits per heavy atom. The summed E-state index contributed by atoms with van der Waals surface area (Å²) >= 11 is 0. The summed E-state index contributed by atoms with van der Waals surface area (Å²) in [6.45, 7) is -0.264. The lowest BCUT2D eigenvalue weighted by atomic mass is 10.1. The third kappa shape index (κ3) is 5.01. The maximum atomic E-state index is 12.5. The van der Waals surface area contributed by atoms with Gasteiger partial charge in [0.2, 0.25) is 20.0 Å². The molecule has 0 spiro atoms. The first-order valence-electron chi connectivity index (χ1n) is 6.68. The molecule has 0 radical (unpaired) electrons. The van der Waals surface area contributed by atoms with Crippen LogP contribution in [-0.4, -0.2) is 16.8 Å². The van der Waals surface area contributed by atoms with Gasteiger partial charge in [0.25, 0.3) is 0 Å². The van der Waals surface area contributed by atoms with Crippen LogP contribution in [0.4, 0.5) is 13.2 Å². The molecule has 3 N–H and O–H groups in total. The van der Waals surface area contributed by atoms with Crippen LogP contribution >= 0.6 is 0 Å². The van der Waals surface area contributed by atoms with Gasteiger partial charge in [0.15, 0.2) is 0 Å². The Hall–Kier alpha value is -1.95. The molecular formula is C14H13F3N2O4S2. The molecule has 25 heavy (non-hydrogen) atoms. The average molecular weight is 394 g/mol. The standard InChI is InChI=1S/C14H13F3N2O4S2/c15-14(16,17)11-6-4-10(5-7-11)9-19-25(22,23)13-3-1-2-12(8-13)24(18,20)21/h1-8,19H,9H2,(H2,18,20,21). The Kier molecular flexibility index (Phi) is 5.23. The Morgan fingerprint density at radius 3 is 2.00 bits per heavy atom. The third-order valence-corrected chi connectivity index (χ3v) is 5.50. The van der Waals surface area contributed by atoms with Gasteiger partial charge in [-0.05, 0) is 35.9 Å². The Morgan fingerprint density at radius 2 is 1.48 bits per heavy atom. The van der Waals surface area contributed by atoms with Gasteiger partial charge in [-0.15, -0.1) is 0 Å². The molecule has 0 heterocycles. The fourth-order valence-electron chi connectivity index (χ4n) is 1.89. The molecule has 0 fully saturated rings. The van der Waals surface area contributed by atoms with Crippen molar-refractivity contribution in [3.8, 4) is 0 Å². The highest BCUT2D eigenvalue weighted by Gasteiger charge is 2.30. The lowest BCUT2D eigenvalue weighted by Crippen LogP contribution is -2.24. The predicted molar refractivity (Wildman–Crippen MR) is 83.3 cm³/mol. The van der Waals surface area contributed by atoms with Crippen molar-refractivity contribution in [1.82, 2.24) is 4.72 Å². The lowest BCUT2D eigenvalue weighted by Gasteiger charge is -2.10. The molecule has 0 amide bonds. The first-order valence-corrected chi connectivity index (χ1v) is 9.71. The number of halogens is 3. The molecule has 0 saturated heterocycles. The Bertz CT molecular complexity index is 970. The van der Waals surface area contributed by atoms with Gasteiger partial charge >= 0.3 is 6.18 Å². The smallest absolute Gasteiger partial charge is 0.225 e. The number of hydrogen-bond acceptors (Lipinski definition) is 4. The first-order chi connectivity index (χ1) is 11.4. The number of sulfonamides is 2. The second kappa shape index (κ2) is 6.75. The lowest BCUT2D eigenvalue weighted by molar-refractivity contribution is -0.137. The monoisotopic (exact) mass is 394 g/mol. The molecule has 0 bridgehead atoms. The van der Waals surface area contributed by atoms with Crippen LogP contribution < -0.4 is 9.86 Å². The summed E-state index contributed by atoms with van der Waals surface area (Å²) in [6.07, 6.45) is -4.48. The summed E-state index contributed by atoms with van der Waals surface area (Å²) in [4.78, 5) is -0.698. The van der Waals surface area contributed by atoms with E-state index >= 15 is 0 Å². The molecule has 2 aromatic carbocycles. The number of rotatable bonds is 5. The second-order valence-electron chi connectivity index (χ2n) is 5.04. The quantitative estimate of drug-likeness (QED) is 0.807. The van der Waals surface area contributed by atoms with Gasteiger partial charge in [0, 0.05) is 6.54 Å². The van der Waals surface area contributed by atoms with E-state index in [0.717, 1.165) is 36.4 Å².